The number of hydrogen-bond donors (Lipinski definition) is 1. The van der Waals surface area contributed by atoms with Crippen molar-refractivity contribution in [2.75, 3.05) is 13.2 Å². The molecule has 3 rings (SSSR count). The normalized spacial score (nSPS) is 45.6. The SMILES string of the molecule is CC(=O)OC[C@@H]1C(F)(F)C12CCC1(CC2)[C@H](CO)C1(F)F. The van der Waals surface area contributed by atoms with Gasteiger partial charge in [0.15, 0.2) is 0 Å². The predicted molar refractivity (Wildman–Crippen MR) is 63.9 cm³/mol. The second kappa shape index (κ2) is 4.12. The van der Waals surface area contributed by atoms with Crippen molar-refractivity contribution in [3.05, 3.63) is 0 Å². The number of ether oxygens (including phenoxy) is 1. The number of halogens is 4. The lowest BCUT2D eigenvalue weighted by atomic mass is 9.75. The molecule has 0 aromatic heterocycles. The van der Waals surface area contributed by atoms with Gasteiger partial charge in [-0.05, 0) is 25.7 Å². The summed E-state index contributed by atoms with van der Waals surface area (Å²) in [6.07, 6.45) is -0.00911. The minimum atomic E-state index is -2.96. The Kier molecular flexibility index (Phi) is 2.95. The summed E-state index contributed by atoms with van der Waals surface area (Å²) in [7, 11) is 0. The van der Waals surface area contributed by atoms with E-state index in [0.29, 0.717) is 0 Å². The molecular weight excluding hydrogens is 292 g/mol. The zero-order valence-electron chi connectivity index (χ0n) is 11.7. The molecule has 3 nitrogen and oxygen atoms in total. The molecule has 3 aliphatic rings. The molecule has 1 N–H and O–H groups in total. The van der Waals surface area contributed by atoms with Crippen LogP contribution in [-0.2, 0) is 9.53 Å². The van der Waals surface area contributed by atoms with Gasteiger partial charge in [0, 0.05) is 17.8 Å². The van der Waals surface area contributed by atoms with E-state index in [2.05, 4.69) is 4.74 Å². The molecule has 0 bridgehead atoms. The molecule has 2 atom stereocenters. The summed E-state index contributed by atoms with van der Waals surface area (Å²) in [4.78, 5) is 10.7. The molecule has 0 heterocycles. The van der Waals surface area contributed by atoms with Crippen molar-refractivity contribution in [3.63, 3.8) is 0 Å². The zero-order chi connectivity index (χ0) is 15.7. The first-order chi connectivity index (χ1) is 9.66. The molecule has 21 heavy (non-hydrogen) atoms. The second-order valence-electron chi connectivity index (χ2n) is 6.65. The van der Waals surface area contributed by atoms with E-state index in [1.807, 2.05) is 0 Å². The Morgan fingerprint density at radius 2 is 1.48 bits per heavy atom. The summed E-state index contributed by atoms with van der Waals surface area (Å²) in [5, 5.41) is 9.02. The minimum Gasteiger partial charge on any atom is -0.465 e. The highest BCUT2D eigenvalue weighted by atomic mass is 19.3. The molecule has 0 aromatic carbocycles. The number of carbonyl (C=O) groups is 1. The Hall–Kier alpha value is -0.850. The van der Waals surface area contributed by atoms with E-state index < -0.39 is 47.1 Å². The quantitative estimate of drug-likeness (QED) is 0.644. The molecule has 3 fully saturated rings. The summed E-state index contributed by atoms with van der Waals surface area (Å²) >= 11 is 0. The van der Waals surface area contributed by atoms with Crippen LogP contribution < -0.4 is 0 Å². The number of aliphatic hydroxyl groups is 1. The second-order valence-corrected chi connectivity index (χ2v) is 6.65. The summed E-state index contributed by atoms with van der Waals surface area (Å²) in [6, 6.07) is 0. The topological polar surface area (TPSA) is 46.5 Å². The van der Waals surface area contributed by atoms with E-state index in [4.69, 9.17) is 5.11 Å². The summed E-state index contributed by atoms with van der Waals surface area (Å²) in [5.74, 6) is -8.68. The van der Waals surface area contributed by atoms with Gasteiger partial charge in [0.05, 0.1) is 18.4 Å². The van der Waals surface area contributed by atoms with Gasteiger partial charge >= 0.3 is 5.97 Å². The Bertz CT molecular complexity index is 469. The van der Waals surface area contributed by atoms with Crippen molar-refractivity contribution < 1.29 is 32.2 Å². The third kappa shape index (κ3) is 1.67. The van der Waals surface area contributed by atoms with E-state index in [9.17, 15) is 22.4 Å². The number of hydrogen-bond acceptors (Lipinski definition) is 3. The predicted octanol–water partition coefficient (Wildman–Crippen LogP) is 2.62. The number of esters is 1. The Morgan fingerprint density at radius 3 is 1.86 bits per heavy atom. The highest BCUT2D eigenvalue weighted by Crippen LogP contribution is 2.80. The van der Waals surface area contributed by atoms with E-state index in [1.54, 1.807) is 0 Å². The van der Waals surface area contributed by atoms with Gasteiger partial charge in [-0.3, -0.25) is 4.79 Å². The third-order valence-electron chi connectivity index (χ3n) is 6.04. The Morgan fingerprint density at radius 1 is 1.05 bits per heavy atom. The number of alkyl halides is 4. The van der Waals surface area contributed by atoms with Crippen LogP contribution in [0.25, 0.3) is 0 Å². The minimum absolute atomic E-state index is 0.00196. The fourth-order valence-electron chi connectivity index (χ4n) is 4.44. The average molecular weight is 310 g/mol. The van der Waals surface area contributed by atoms with E-state index >= 15 is 0 Å². The highest BCUT2D eigenvalue weighted by Gasteiger charge is 2.86. The summed E-state index contributed by atoms with van der Waals surface area (Å²) < 4.78 is 60.2. The fraction of sp³-hybridized carbons (Fsp3) is 0.929. The van der Waals surface area contributed by atoms with Crippen LogP contribution in [-0.4, -0.2) is 36.1 Å². The lowest BCUT2D eigenvalue weighted by Crippen LogP contribution is -2.26. The number of aliphatic hydroxyl groups excluding tert-OH is 1. The largest absolute Gasteiger partial charge is 0.465 e. The van der Waals surface area contributed by atoms with Crippen LogP contribution in [0.15, 0.2) is 0 Å². The molecule has 120 valence electrons. The fourth-order valence-corrected chi connectivity index (χ4v) is 4.44. The number of rotatable bonds is 3. The smallest absolute Gasteiger partial charge is 0.302 e. The molecule has 0 amide bonds. The van der Waals surface area contributed by atoms with Crippen molar-refractivity contribution in [1.29, 1.82) is 0 Å². The zero-order valence-corrected chi connectivity index (χ0v) is 11.7. The van der Waals surface area contributed by atoms with Crippen LogP contribution in [0.1, 0.15) is 32.6 Å². The molecule has 3 aliphatic carbocycles. The van der Waals surface area contributed by atoms with Crippen LogP contribution in [0.4, 0.5) is 17.6 Å². The first kappa shape index (κ1) is 15.1. The highest BCUT2D eigenvalue weighted by molar-refractivity contribution is 5.66. The van der Waals surface area contributed by atoms with Crippen LogP contribution in [0.5, 0.6) is 0 Å². The Labute approximate surface area is 119 Å². The van der Waals surface area contributed by atoms with Gasteiger partial charge in [-0.25, -0.2) is 17.6 Å². The molecule has 0 aromatic rings. The van der Waals surface area contributed by atoms with Crippen LogP contribution >= 0.6 is 0 Å². The maximum absolute atomic E-state index is 14.0. The molecule has 0 radical (unpaired) electrons. The van der Waals surface area contributed by atoms with Crippen LogP contribution in [0.3, 0.4) is 0 Å². The third-order valence-corrected chi connectivity index (χ3v) is 6.04. The van der Waals surface area contributed by atoms with Crippen LogP contribution in [0.2, 0.25) is 0 Å². The molecule has 7 heteroatoms. The summed E-state index contributed by atoms with van der Waals surface area (Å²) in [6.45, 7) is 0.197. The lowest BCUT2D eigenvalue weighted by Gasteiger charge is -2.29. The van der Waals surface area contributed by atoms with Gasteiger partial charge in [-0.15, -0.1) is 0 Å². The van der Waals surface area contributed by atoms with Crippen molar-refractivity contribution in [2.45, 2.75) is 44.5 Å². The summed E-state index contributed by atoms with van der Waals surface area (Å²) in [5.41, 5.74) is -2.59. The lowest BCUT2D eigenvalue weighted by molar-refractivity contribution is -0.142. The first-order valence-corrected chi connectivity index (χ1v) is 7.15. The van der Waals surface area contributed by atoms with Gasteiger partial charge in [-0.2, -0.15) is 0 Å². The first-order valence-electron chi connectivity index (χ1n) is 7.15. The van der Waals surface area contributed by atoms with Crippen molar-refractivity contribution in [3.8, 4) is 0 Å². The molecule has 0 saturated heterocycles. The van der Waals surface area contributed by atoms with Gasteiger partial charge in [0.25, 0.3) is 11.8 Å². The van der Waals surface area contributed by atoms with Crippen molar-refractivity contribution in [2.24, 2.45) is 22.7 Å². The van der Waals surface area contributed by atoms with Crippen molar-refractivity contribution >= 4 is 5.97 Å². The molecule has 2 spiro atoms. The monoisotopic (exact) mass is 310 g/mol. The van der Waals surface area contributed by atoms with Crippen LogP contribution in [0, 0.1) is 22.7 Å². The van der Waals surface area contributed by atoms with Gasteiger partial charge in [0.2, 0.25) is 0 Å². The standard InChI is InChI=1S/C14H18F4O3/c1-8(20)21-7-10-12(14(10,17)18)4-2-11(3-5-12)9(6-19)13(11,15)16/h9-10,19H,2-7H2,1H3/t9-,10-,11?,12?/m0/s1. The van der Waals surface area contributed by atoms with E-state index in [0.717, 1.165) is 6.92 Å². The van der Waals surface area contributed by atoms with Gasteiger partial charge in [-0.1, -0.05) is 0 Å². The van der Waals surface area contributed by atoms with Crippen molar-refractivity contribution in [1.82, 2.24) is 0 Å². The molecule has 0 aliphatic heterocycles. The van der Waals surface area contributed by atoms with E-state index in [1.165, 1.54) is 0 Å². The average Bonchev–Trinajstić information content (AvgIpc) is 3.05. The maximum Gasteiger partial charge on any atom is 0.302 e. The maximum atomic E-state index is 14.0. The number of carbonyl (C=O) groups excluding carboxylic acids is 1. The van der Waals surface area contributed by atoms with Gasteiger partial charge < -0.3 is 9.84 Å². The van der Waals surface area contributed by atoms with E-state index in [-0.39, 0.29) is 32.3 Å². The Balaban J connectivity index is 1.68. The molecular formula is C14H18F4O3. The molecule has 3 saturated carbocycles. The molecule has 0 unspecified atom stereocenters. The van der Waals surface area contributed by atoms with Gasteiger partial charge in [0.1, 0.15) is 6.61 Å².